The van der Waals surface area contributed by atoms with Crippen LogP contribution in [0.1, 0.15) is 44.7 Å². The molecule has 1 amide bonds. The van der Waals surface area contributed by atoms with Crippen LogP contribution in [-0.2, 0) is 22.6 Å². The van der Waals surface area contributed by atoms with Crippen molar-refractivity contribution in [2.75, 3.05) is 32.7 Å². The molecule has 1 aliphatic heterocycles. The largest absolute Gasteiger partial charge is 0.373 e. The third kappa shape index (κ3) is 9.33. The van der Waals surface area contributed by atoms with Gasteiger partial charge in [0.2, 0.25) is 5.91 Å². The van der Waals surface area contributed by atoms with Gasteiger partial charge in [0.1, 0.15) is 0 Å². The number of amides is 1. The van der Waals surface area contributed by atoms with Crippen LogP contribution in [0.15, 0.2) is 29.3 Å². The van der Waals surface area contributed by atoms with Gasteiger partial charge in [0.15, 0.2) is 5.96 Å². The van der Waals surface area contributed by atoms with E-state index in [1.165, 1.54) is 11.1 Å². The Morgan fingerprint density at radius 1 is 1.03 bits per heavy atom. The van der Waals surface area contributed by atoms with E-state index in [4.69, 9.17) is 4.74 Å². The maximum absolute atomic E-state index is 11.7. The van der Waals surface area contributed by atoms with Gasteiger partial charge in [0.05, 0.1) is 18.8 Å². The highest BCUT2D eigenvalue weighted by Crippen LogP contribution is 2.28. The second kappa shape index (κ2) is 13.2. The molecule has 1 aromatic rings. The van der Waals surface area contributed by atoms with E-state index < -0.39 is 0 Å². The second-order valence-corrected chi connectivity index (χ2v) is 8.46. The van der Waals surface area contributed by atoms with Crippen molar-refractivity contribution >= 4 is 35.8 Å². The van der Waals surface area contributed by atoms with Crippen molar-refractivity contribution in [3.8, 4) is 0 Å². The topological polar surface area (TPSA) is 78.0 Å². The normalized spacial score (nSPS) is 21.8. The summed E-state index contributed by atoms with van der Waals surface area (Å²) in [6.45, 7) is 12.0. The summed E-state index contributed by atoms with van der Waals surface area (Å²) in [5, 5.41) is 9.51. The van der Waals surface area contributed by atoms with E-state index in [0.29, 0.717) is 31.8 Å². The number of rotatable bonds is 9. The number of ether oxygens (including phenoxy) is 1. The highest BCUT2D eigenvalue weighted by atomic mass is 127. The quantitative estimate of drug-likeness (QED) is 0.193. The predicted octanol–water partition coefficient (Wildman–Crippen LogP) is 2.50. The molecule has 1 saturated heterocycles. The van der Waals surface area contributed by atoms with Crippen molar-refractivity contribution in [3.05, 3.63) is 35.4 Å². The molecule has 2 aliphatic rings. The van der Waals surface area contributed by atoms with Gasteiger partial charge in [-0.15, -0.1) is 24.0 Å². The number of nitrogens with one attached hydrogen (secondary N) is 3. The first-order valence-corrected chi connectivity index (χ1v) is 11.3. The van der Waals surface area contributed by atoms with E-state index >= 15 is 0 Å². The van der Waals surface area contributed by atoms with Crippen molar-refractivity contribution < 1.29 is 9.53 Å². The summed E-state index contributed by atoms with van der Waals surface area (Å²) in [6, 6.07) is 8.71. The van der Waals surface area contributed by atoms with Gasteiger partial charge in [-0.1, -0.05) is 24.3 Å². The third-order valence-corrected chi connectivity index (χ3v) is 5.35. The van der Waals surface area contributed by atoms with E-state index in [2.05, 4.69) is 64.0 Å². The Morgan fingerprint density at radius 2 is 1.65 bits per heavy atom. The second-order valence-electron chi connectivity index (χ2n) is 8.46. The van der Waals surface area contributed by atoms with Crippen LogP contribution in [0.4, 0.5) is 0 Å². The van der Waals surface area contributed by atoms with Gasteiger partial charge in [-0.2, -0.15) is 0 Å². The third-order valence-electron chi connectivity index (χ3n) is 5.35. The molecule has 8 heteroatoms. The van der Waals surface area contributed by atoms with Gasteiger partial charge in [0.25, 0.3) is 0 Å². The Kier molecular flexibility index (Phi) is 11.0. The lowest BCUT2D eigenvalue weighted by atomic mass is 10.1. The zero-order chi connectivity index (χ0) is 21.3. The first kappa shape index (κ1) is 25.9. The van der Waals surface area contributed by atoms with Gasteiger partial charge >= 0.3 is 0 Å². The van der Waals surface area contributed by atoms with Gasteiger partial charge in [0, 0.05) is 45.2 Å². The minimum absolute atomic E-state index is 0. The molecule has 1 saturated carbocycles. The van der Waals surface area contributed by atoms with Gasteiger partial charge in [-0.05, 0) is 44.7 Å². The van der Waals surface area contributed by atoms with Crippen LogP contribution >= 0.6 is 24.0 Å². The number of hydrogen-bond donors (Lipinski definition) is 3. The van der Waals surface area contributed by atoms with E-state index in [1.807, 2.05) is 6.92 Å². The number of hydrogen-bond acceptors (Lipinski definition) is 4. The molecule has 1 aliphatic carbocycles. The Labute approximate surface area is 203 Å². The molecule has 31 heavy (non-hydrogen) atoms. The molecule has 174 valence electrons. The Balaban J connectivity index is 0.00000341. The van der Waals surface area contributed by atoms with Crippen LogP contribution in [0.5, 0.6) is 0 Å². The van der Waals surface area contributed by atoms with Crippen LogP contribution in [0, 0.1) is 5.92 Å². The van der Waals surface area contributed by atoms with Gasteiger partial charge in [-0.25, -0.2) is 4.99 Å². The molecule has 0 radical (unpaired) electrons. The number of carbonyl (C=O) groups is 1. The standard InChI is InChI=1S/C23H37N5O2.HI/c1-4-24-23(26-12-11-25-22(29)21-9-10-21)27-13-19-5-7-20(8-6-19)16-28-14-17(2)30-18(3)15-28;/h5-8,17-18,21H,4,9-16H2,1-3H3,(H,25,29)(H2,24,26,27);1H. The predicted molar refractivity (Wildman–Crippen MR) is 136 cm³/mol. The van der Waals surface area contributed by atoms with Crippen LogP contribution in [0.25, 0.3) is 0 Å². The highest BCUT2D eigenvalue weighted by molar-refractivity contribution is 14.0. The molecule has 2 atom stereocenters. The van der Waals surface area contributed by atoms with Crippen LogP contribution < -0.4 is 16.0 Å². The molecule has 0 bridgehead atoms. The van der Waals surface area contributed by atoms with E-state index in [1.54, 1.807) is 0 Å². The molecule has 7 nitrogen and oxygen atoms in total. The lowest BCUT2D eigenvalue weighted by Crippen LogP contribution is -2.44. The summed E-state index contributed by atoms with van der Waals surface area (Å²) in [5.74, 6) is 1.21. The SMILES string of the molecule is CCNC(=NCc1ccc(CN2CC(C)OC(C)C2)cc1)NCCNC(=O)C1CC1.I. The Morgan fingerprint density at radius 3 is 2.26 bits per heavy atom. The van der Waals surface area contributed by atoms with Crippen LogP contribution in [0.3, 0.4) is 0 Å². The lowest BCUT2D eigenvalue weighted by molar-refractivity contribution is -0.122. The fourth-order valence-electron chi connectivity index (χ4n) is 3.79. The number of carbonyl (C=O) groups excluding carboxylic acids is 1. The van der Waals surface area contributed by atoms with E-state index in [9.17, 15) is 4.79 Å². The summed E-state index contributed by atoms with van der Waals surface area (Å²) in [4.78, 5) is 18.8. The zero-order valence-corrected chi connectivity index (χ0v) is 21.4. The molecule has 2 unspecified atom stereocenters. The van der Waals surface area contributed by atoms with Crippen LogP contribution in [-0.4, -0.2) is 61.7 Å². The molecule has 0 aromatic heterocycles. The number of guanidine groups is 1. The first-order valence-electron chi connectivity index (χ1n) is 11.3. The van der Waals surface area contributed by atoms with E-state index in [-0.39, 0.29) is 35.8 Å². The summed E-state index contributed by atoms with van der Waals surface area (Å²) in [5.41, 5.74) is 2.50. The molecule has 3 N–H and O–H groups in total. The van der Waals surface area contributed by atoms with Crippen LogP contribution in [0.2, 0.25) is 0 Å². The minimum atomic E-state index is 0. The molecular formula is C23H38IN5O2. The van der Waals surface area contributed by atoms with Crippen molar-refractivity contribution in [1.82, 2.24) is 20.9 Å². The molecular weight excluding hydrogens is 505 g/mol. The monoisotopic (exact) mass is 543 g/mol. The molecule has 0 spiro atoms. The number of halogens is 1. The lowest BCUT2D eigenvalue weighted by Gasteiger charge is -2.35. The van der Waals surface area contributed by atoms with E-state index in [0.717, 1.165) is 45.0 Å². The average molecular weight is 543 g/mol. The van der Waals surface area contributed by atoms with Gasteiger partial charge < -0.3 is 20.7 Å². The Hall–Kier alpha value is -1.39. The van der Waals surface area contributed by atoms with Crippen molar-refractivity contribution in [1.29, 1.82) is 0 Å². The Bertz CT molecular complexity index is 698. The maximum Gasteiger partial charge on any atom is 0.223 e. The number of nitrogens with zero attached hydrogens (tertiary/aromatic N) is 2. The van der Waals surface area contributed by atoms with Crippen molar-refractivity contribution in [3.63, 3.8) is 0 Å². The minimum Gasteiger partial charge on any atom is -0.373 e. The first-order chi connectivity index (χ1) is 14.5. The zero-order valence-electron chi connectivity index (χ0n) is 19.0. The summed E-state index contributed by atoms with van der Waals surface area (Å²) in [7, 11) is 0. The number of morpholine rings is 1. The summed E-state index contributed by atoms with van der Waals surface area (Å²) < 4.78 is 5.82. The van der Waals surface area contributed by atoms with Crippen molar-refractivity contribution in [2.45, 2.75) is 58.9 Å². The molecule has 1 aromatic carbocycles. The van der Waals surface area contributed by atoms with Gasteiger partial charge in [-0.3, -0.25) is 9.69 Å². The fourth-order valence-corrected chi connectivity index (χ4v) is 3.79. The smallest absolute Gasteiger partial charge is 0.223 e. The molecule has 3 rings (SSSR count). The number of benzene rings is 1. The summed E-state index contributed by atoms with van der Waals surface area (Å²) in [6.07, 6.45) is 2.66. The molecule has 2 fully saturated rings. The maximum atomic E-state index is 11.7. The highest BCUT2D eigenvalue weighted by Gasteiger charge is 2.29. The summed E-state index contributed by atoms with van der Waals surface area (Å²) >= 11 is 0. The molecule has 1 heterocycles. The van der Waals surface area contributed by atoms with Crippen molar-refractivity contribution in [2.24, 2.45) is 10.9 Å². The average Bonchev–Trinajstić information content (AvgIpc) is 3.55. The fraction of sp³-hybridized carbons (Fsp3) is 0.652. The number of aliphatic imine (C=N–C) groups is 1.